The number of benzene rings is 1. The number of nitrogens with one attached hydrogen (secondary N) is 2. The largest absolute Gasteiger partial charge is 0.381 e. The summed E-state index contributed by atoms with van der Waals surface area (Å²) in [6.45, 7) is 2.62. The van der Waals surface area contributed by atoms with Crippen LogP contribution >= 0.6 is 0 Å². The Bertz CT molecular complexity index is 1450. The van der Waals surface area contributed by atoms with Crippen molar-refractivity contribution in [3.63, 3.8) is 0 Å². The summed E-state index contributed by atoms with van der Waals surface area (Å²) < 4.78 is 9.13. The number of rotatable bonds is 6. The topological polar surface area (TPSA) is 106 Å². The molecule has 0 spiro atoms. The summed E-state index contributed by atoms with van der Waals surface area (Å²) in [5.74, 6) is 0.474. The van der Waals surface area contributed by atoms with Crippen molar-refractivity contribution in [2.75, 3.05) is 45.7 Å². The summed E-state index contributed by atoms with van der Waals surface area (Å²) in [6.07, 6.45) is 5.13. The highest BCUT2D eigenvalue weighted by Crippen LogP contribution is 2.31. The van der Waals surface area contributed by atoms with Gasteiger partial charge in [-0.3, -0.25) is 19.4 Å². The lowest BCUT2D eigenvalue weighted by Crippen LogP contribution is -2.34. The number of carbonyl (C=O) groups is 1. The van der Waals surface area contributed by atoms with Gasteiger partial charge in [-0.15, -0.1) is 0 Å². The zero-order chi connectivity index (χ0) is 25.2. The number of anilines is 1. The summed E-state index contributed by atoms with van der Waals surface area (Å²) in [4.78, 5) is 36.3. The average molecular weight is 490 g/mol. The van der Waals surface area contributed by atoms with Gasteiger partial charge >= 0.3 is 11.7 Å². The molecule has 36 heavy (non-hydrogen) atoms. The summed E-state index contributed by atoms with van der Waals surface area (Å²) in [6, 6.07) is 9.56. The van der Waals surface area contributed by atoms with E-state index in [0.29, 0.717) is 25.6 Å². The molecule has 0 aliphatic carbocycles. The van der Waals surface area contributed by atoms with E-state index in [0.717, 1.165) is 52.4 Å². The number of pyridine rings is 2. The first-order chi connectivity index (χ1) is 17.4. The molecule has 1 saturated heterocycles. The molecular formula is C26H31N7O3. The summed E-state index contributed by atoms with van der Waals surface area (Å²) in [7, 11) is 5.70. The number of likely N-dealkylation sites (N-methyl/N-ethyl adjacent to an activating group) is 1. The van der Waals surface area contributed by atoms with Crippen molar-refractivity contribution in [1.82, 2.24) is 29.3 Å². The lowest BCUT2D eigenvalue weighted by molar-refractivity contribution is 0.0697. The minimum absolute atomic E-state index is 0.0300. The minimum Gasteiger partial charge on any atom is -0.381 e. The Balaban J connectivity index is 1.46. The molecule has 0 radical (unpaired) electrons. The molecule has 2 amide bonds. The van der Waals surface area contributed by atoms with Crippen LogP contribution in [0.3, 0.4) is 0 Å². The van der Waals surface area contributed by atoms with Crippen LogP contribution in [0.25, 0.3) is 33.1 Å². The van der Waals surface area contributed by atoms with Crippen LogP contribution in [0.2, 0.25) is 0 Å². The first-order valence-electron chi connectivity index (χ1n) is 12.2. The van der Waals surface area contributed by atoms with Gasteiger partial charge < -0.3 is 15.0 Å². The van der Waals surface area contributed by atoms with Crippen molar-refractivity contribution < 1.29 is 9.53 Å². The van der Waals surface area contributed by atoms with Gasteiger partial charge in [-0.1, -0.05) is 6.07 Å². The third-order valence-electron chi connectivity index (χ3n) is 6.65. The molecule has 0 saturated carbocycles. The highest BCUT2D eigenvalue weighted by Gasteiger charge is 2.23. The zero-order valence-electron chi connectivity index (χ0n) is 20.8. The molecule has 10 heteroatoms. The number of fused-ring (bicyclic) bond motifs is 3. The van der Waals surface area contributed by atoms with Gasteiger partial charge in [-0.2, -0.15) is 0 Å². The minimum atomic E-state index is -0.286. The quantitative estimate of drug-likeness (QED) is 0.431. The summed E-state index contributed by atoms with van der Waals surface area (Å²) in [5.41, 5.74) is 4.39. The van der Waals surface area contributed by atoms with Gasteiger partial charge in [0.1, 0.15) is 5.82 Å². The normalized spacial score (nSPS) is 14.6. The molecule has 0 bridgehead atoms. The Labute approximate surface area is 208 Å². The van der Waals surface area contributed by atoms with Gasteiger partial charge in [0.2, 0.25) is 0 Å². The summed E-state index contributed by atoms with van der Waals surface area (Å²) in [5, 5.41) is 6.50. The average Bonchev–Trinajstić information content (AvgIpc) is 3.14. The summed E-state index contributed by atoms with van der Waals surface area (Å²) >= 11 is 0. The van der Waals surface area contributed by atoms with Crippen LogP contribution in [0.1, 0.15) is 18.9 Å². The van der Waals surface area contributed by atoms with E-state index in [-0.39, 0.29) is 17.8 Å². The number of hydrogen-bond acceptors (Lipinski definition) is 6. The maximum Gasteiger partial charge on any atom is 0.329 e. The number of nitrogens with zero attached hydrogens (tertiary/aromatic N) is 5. The van der Waals surface area contributed by atoms with E-state index in [9.17, 15) is 9.59 Å². The van der Waals surface area contributed by atoms with Gasteiger partial charge in [0.25, 0.3) is 0 Å². The number of aromatic nitrogens is 4. The Morgan fingerprint density at radius 3 is 2.61 bits per heavy atom. The smallest absolute Gasteiger partial charge is 0.329 e. The molecule has 4 heterocycles. The first kappa shape index (κ1) is 24.0. The predicted octanol–water partition coefficient (Wildman–Crippen LogP) is 2.98. The second-order valence-electron chi connectivity index (χ2n) is 9.40. The number of ether oxygens (including phenoxy) is 1. The lowest BCUT2D eigenvalue weighted by Gasteiger charge is -2.23. The van der Waals surface area contributed by atoms with Gasteiger partial charge in [-0.05, 0) is 56.8 Å². The van der Waals surface area contributed by atoms with Crippen molar-refractivity contribution >= 4 is 33.8 Å². The second kappa shape index (κ2) is 10.1. The SMILES string of the molecule is CN(C)CCNC(=O)Nc1ccc(-c2ccc3ncc4c(c3c2)n(C2CCOCC2)c(=O)n4C)cn1. The monoisotopic (exact) mass is 489 g/mol. The van der Waals surface area contributed by atoms with E-state index < -0.39 is 0 Å². The van der Waals surface area contributed by atoms with Crippen LogP contribution in [-0.4, -0.2) is 70.4 Å². The molecular weight excluding hydrogens is 458 g/mol. The lowest BCUT2D eigenvalue weighted by atomic mass is 10.0. The molecule has 1 fully saturated rings. The first-order valence-corrected chi connectivity index (χ1v) is 12.2. The van der Waals surface area contributed by atoms with Crippen LogP contribution < -0.4 is 16.3 Å². The van der Waals surface area contributed by atoms with Gasteiger partial charge in [0.15, 0.2) is 0 Å². The molecule has 2 N–H and O–H groups in total. The number of aryl methyl sites for hydroxylation is 1. The Morgan fingerprint density at radius 1 is 1.11 bits per heavy atom. The van der Waals surface area contributed by atoms with E-state index in [2.05, 4.69) is 26.7 Å². The maximum absolute atomic E-state index is 13.2. The molecule has 0 atom stereocenters. The molecule has 4 aromatic rings. The van der Waals surface area contributed by atoms with Crippen molar-refractivity contribution in [3.8, 4) is 11.1 Å². The van der Waals surface area contributed by atoms with Gasteiger partial charge in [0.05, 0.1) is 22.7 Å². The Morgan fingerprint density at radius 2 is 1.89 bits per heavy atom. The van der Waals surface area contributed by atoms with E-state index in [1.54, 1.807) is 30.1 Å². The van der Waals surface area contributed by atoms with Crippen LogP contribution in [-0.2, 0) is 11.8 Å². The van der Waals surface area contributed by atoms with Crippen LogP contribution in [0, 0.1) is 0 Å². The van der Waals surface area contributed by atoms with Crippen LogP contribution in [0.4, 0.5) is 10.6 Å². The fraction of sp³-hybridized carbons (Fsp3) is 0.385. The zero-order valence-corrected chi connectivity index (χ0v) is 20.8. The van der Waals surface area contributed by atoms with Gasteiger partial charge in [0, 0.05) is 56.5 Å². The number of hydrogen-bond donors (Lipinski definition) is 2. The van der Waals surface area contributed by atoms with Crippen LogP contribution in [0.5, 0.6) is 0 Å². The van der Waals surface area contributed by atoms with E-state index in [1.165, 1.54) is 0 Å². The highest BCUT2D eigenvalue weighted by molar-refractivity contribution is 6.04. The van der Waals surface area contributed by atoms with Gasteiger partial charge in [-0.25, -0.2) is 14.6 Å². The highest BCUT2D eigenvalue weighted by atomic mass is 16.5. The second-order valence-corrected chi connectivity index (χ2v) is 9.40. The predicted molar refractivity (Wildman–Crippen MR) is 140 cm³/mol. The number of carbonyl (C=O) groups excluding carboxylic acids is 1. The third-order valence-corrected chi connectivity index (χ3v) is 6.65. The van der Waals surface area contributed by atoms with Crippen LogP contribution in [0.15, 0.2) is 47.5 Å². The molecule has 5 rings (SSSR count). The third kappa shape index (κ3) is 4.69. The molecule has 188 valence electrons. The Hall–Kier alpha value is -3.76. The Kier molecular flexibility index (Phi) is 6.71. The van der Waals surface area contributed by atoms with Crippen molar-refractivity contribution in [2.24, 2.45) is 7.05 Å². The molecule has 1 aliphatic heterocycles. The van der Waals surface area contributed by atoms with E-state index >= 15 is 0 Å². The van der Waals surface area contributed by atoms with Crippen molar-refractivity contribution in [3.05, 3.63) is 53.2 Å². The number of urea groups is 1. The fourth-order valence-electron chi connectivity index (χ4n) is 4.68. The molecule has 10 nitrogen and oxygen atoms in total. The van der Waals surface area contributed by atoms with E-state index in [4.69, 9.17) is 4.74 Å². The standard InChI is InChI=1S/C26H31N7O3/c1-31(2)11-10-27-25(34)30-23-7-5-18(15-29-23)17-4-6-21-20(14-17)24-22(16-28-21)32(3)26(35)33(24)19-8-12-36-13-9-19/h4-7,14-16,19H,8-13H2,1-3H3,(H2,27,29,30,34). The fourth-order valence-corrected chi connectivity index (χ4v) is 4.68. The van der Waals surface area contributed by atoms with E-state index in [1.807, 2.05) is 41.8 Å². The molecule has 0 unspecified atom stereocenters. The molecule has 3 aromatic heterocycles. The molecule has 1 aliphatic rings. The van der Waals surface area contributed by atoms with Crippen molar-refractivity contribution in [1.29, 1.82) is 0 Å². The maximum atomic E-state index is 13.2. The number of imidazole rings is 1. The number of amides is 2. The van der Waals surface area contributed by atoms with Crippen molar-refractivity contribution in [2.45, 2.75) is 18.9 Å². The molecule has 1 aromatic carbocycles.